The van der Waals surface area contributed by atoms with E-state index in [1.807, 2.05) is 47.0 Å². The normalized spacial score (nSPS) is 24.6. The van der Waals surface area contributed by atoms with Crippen LogP contribution in [0.5, 0.6) is 0 Å². The fraction of sp³-hybridized carbons (Fsp3) is 0.500. The first kappa shape index (κ1) is 15.6. The summed E-state index contributed by atoms with van der Waals surface area (Å²) in [5.74, 6) is 2.04. The van der Waals surface area contributed by atoms with Crippen LogP contribution in [0.25, 0.3) is 10.9 Å². The molecule has 5 heteroatoms. The molecule has 5 rings (SSSR count). The van der Waals surface area contributed by atoms with Gasteiger partial charge in [-0.05, 0) is 49.4 Å². The van der Waals surface area contributed by atoms with E-state index in [1.54, 1.807) is 6.20 Å². The number of aromatic nitrogens is 1. The summed E-state index contributed by atoms with van der Waals surface area (Å²) < 4.78 is 6.29. The van der Waals surface area contributed by atoms with Gasteiger partial charge in [-0.1, -0.05) is 6.07 Å². The molecule has 3 fully saturated rings. The highest BCUT2D eigenvalue weighted by Crippen LogP contribution is 2.46. The number of amides is 1. The van der Waals surface area contributed by atoms with Crippen molar-refractivity contribution in [2.24, 2.45) is 5.92 Å². The summed E-state index contributed by atoms with van der Waals surface area (Å²) in [7, 11) is 0. The number of thioether (sulfide) groups is 1. The summed E-state index contributed by atoms with van der Waals surface area (Å²) in [6.45, 7) is 2.64. The van der Waals surface area contributed by atoms with Gasteiger partial charge in [-0.3, -0.25) is 9.78 Å². The van der Waals surface area contributed by atoms with Crippen LogP contribution in [-0.2, 0) is 4.74 Å². The summed E-state index contributed by atoms with van der Waals surface area (Å²) >= 11 is 2.00. The van der Waals surface area contributed by atoms with E-state index >= 15 is 0 Å². The predicted octanol–water partition coefficient (Wildman–Crippen LogP) is 3.36. The molecule has 130 valence electrons. The van der Waals surface area contributed by atoms with Gasteiger partial charge in [-0.15, -0.1) is 11.8 Å². The number of carbonyl (C=O) groups is 1. The van der Waals surface area contributed by atoms with E-state index in [0.29, 0.717) is 6.10 Å². The maximum absolute atomic E-state index is 12.8. The van der Waals surface area contributed by atoms with Gasteiger partial charge in [0.25, 0.3) is 5.91 Å². The van der Waals surface area contributed by atoms with Gasteiger partial charge < -0.3 is 9.64 Å². The Morgan fingerprint density at radius 3 is 3.04 bits per heavy atom. The zero-order valence-corrected chi connectivity index (χ0v) is 15.0. The highest BCUT2D eigenvalue weighted by Gasteiger charge is 2.51. The summed E-state index contributed by atoms with van der Waals surface area (Å²) in [6.07, 6.45) is 5.94. The summed E-state index contributed by atoms with van der Waals surface area (Å²) in [5, 5.41) is 1.02. The zero-order valence-electron chi connectivity index (χ0n) is 14.2. The minimum absolute atomic E-state index is 0.138. The first-order valence-corrected chi connectivity index (χ1v) is 10.1. The molecule has 4 nitrogen and oxygen atoms in total. The molecule has 1 unspecified atom stereocenters. The minimum atomic E-state index is 0.138. The van der Waals surface area contributed by atoms with E-state index in [2.05, 4.69) is 4.98 Å². The Morgan fingerprint density at radius 1 is 1.32 bits per heavy atom. The van der Waals surface area contributed by atoms with E-state index in [4.69, 9.17) is 4.74 Å². The van der Waals surface area contributed by atoms with Gasteiger partial charge in [-0.2, -0.15) is 0 Å². The summed E-state index contributed by atoms with van der Waals surface area (Å²) in [5.41, 5.74) is 1.70. The lowest BCUT2D eigenvalue weighted by Gasteiger charge is -2.47. The average Bonchev–Trinajstić information content (AvgIpc) is 3.35. The van der Waals surface area contributed by atoms with E-state index in [1.165, 1.54) is 12.8 Å². The standard InChI is InChI=1S/C20H22N2O2S/c23-19(16-5-6-18-15(8-16)2-1-7-21-18)22-12-20(13-22)9-17(11-25-20)24-10-14-3-4-14/h1-2,5-8,14,17H,3-4,9-13H2. The number of likely N-dealkylation sites (tertiary alicyclic amines) is 1. The van der Waals surface area contributed by atoms with Gasteiger partial charge in [0, 0.05) is 42.6 Å². The molecule has 1 aromatic carbocycles. The quantitative estimate of drug-likeness (QED) is 0.844. The van der Waals surface area contributed by atoms with Crippen LogP contribution in [0, 0.1) is 5.92 Å². The van der Waals surface area contributed by atoms with Gasteiger partial charge in [0.1, 0.15) is 0 Å². The number of carbonyl (C=O) groups excluding carboxylic acids is 1. The minimum Gasteiger partial charge on any atom is -0.377 e. The number of pyridine rings is 1. The van der Waals surface area contributed by atoms with E-state index in [0.717, 1.165) is 54.3 Å². The molecule has 1 aliphatic carbocycles. The summed E-state index contributed by atoms with van der Waals surface area (Å²) in [4.78, 5) is 19.1. The Labute approximate surface area is 151 Å². The smallest absolute Gasteiger partial charge is 0.253 e. The molecule has 0 N–H and O–H groups in total. The van der Waals surface area contributed by atoms with Crippen molar-refractivity contribution in [1.82, 2.24) is 9.88 Å². The SMILES string of the molecule is O=C(c1ccc2ncccc2c1)N1CC2(CC(OCC3CC3)CS2)C1. The van der Waals surface area contributed by atoms with Gasteiger partial charge in [-0.25, -0.2) is 0 Å². The highest BCUT2D eigenvalue weighted by molar-refractivity contribution is 8.01. The lowest BCUT2D eigenvalue weighted by molar-refractivity contribution is 0.0287. The van der Waals surface area contributed by atoms with Crippen molar-refractivity contribution in [3.8, 4) is 0 Å². The molecule has 1 saturated carbocycles. The molecule has 3 aliphatic rings. The number of benzene rings is 1. The van der Waals surface area contributed by atoms with E-state index in [-0.39, 0.29) is 10.7 Å². The first-order valence-electron chi connectivity index (χ1n) is 9.10. The number of nitrogens with zero attached hydrogens (tertiary/aromatic N) is 2. The van der Waals surface area contributed by atoms with Crippen molar-refractivity contribution >= 4 is 28.6 Å². The van der Waals surface area contributed by atoms with Crippen molar-refractivity contribution in [2.75, 3.05) is 25.4 Å². The molecule has 3 heterocycles. The Morgan fingerprint density at radius 2 is 2.20 bits per heavy atom. The first-order chi connectivity index (χ1) is 12.2. The number of fused-ring (bicyclic) bond motifs is 1. The van der Waals surface area contributed by atoms with Crippen LogP contribution in [0.15, 0.2) is 36.5 Å². The fourth-order valence-electron chi connectivity index (χ4n) is 3.87. The number of hydrogen-bond acceptors (Lipinski definition) is 4. The third-order valence-corrected chi connectivity index (χ3v) is 7.11. The van der Waals surface area contributed by atoms with Crippen molar-refractivity contribution in [3.05, 3.63) is 42.1 Å². The van der Waals surface area contributed by atoms with Gasteiger partial charge in [0.15, 0.2) is 0 Å². The van der Waals surface area contributed by atoms with Crippen LogP contribution in [0.4, 0.5) is 0 Å². The highest BCUT2D eigenvalue weighted by atomic mass is 32.2. The van der Waals surface area contributed by atoms with Gasteiger partial charge in [0.05, 0.1) is 16.4 Å². The molecule has 1 atom stereocenters. The Kier molecular flexibility index (Phi) is 3.75. The molecule has 2 saturated heterocycles. The topological polar surface area (TPSA) is 42.4 Å². The zero-order chi connectivity index (χ0) is 16.9. The van der Waals surface area contributed by atoms with Crippen LogP contribution in [-0.4, -0.2) is 52.1 Å². The van der Waals surface area contributed by atoms with Crippen LogP contribution in [0.1, 0.15) is 29.6 Å². The van der Waals surface area contributed by atoms with Crippen molar-refractivity contribution in [3.63, 3.8) is 0 Å². The van der Waals surface area contributed by atoms with Crippen LogP contribution in [0.2, 0.25) is 0 Å². The van der Waals surface area contributed by atoms with Crippen LogP contribution < -0.4 is 0 Å². The number of ether oxygens (including phenoxy) is 1. The molecule has 0 bridgehead atoms. The molecule has 0 radical (unpaired) electrons. The lowest BCUT2D eigenvalue weighted by Crippen LogP contribution is -2.60. The second-order valence-electron chi connectivity index (χ2n) is 7.67. The fourth-order valence-corrected chi connectivity index (χ4v) is 5.42. The van der Waals surface area contributed by atoms with Crippen molar-refractivity contribution < 1.29 is 9.53 Å². The monoisotopic (exact) mass is 354 g/mol. The molecule has 1 aromatic heterocycles. The Hall–Kier alpha value is -1.59. The average molecular weight is 354 g/mol. The summed E-state index contributed by atoms with van der Waals surface area (Å²) in [6, 6.07) is 9.70. The Balaban J connectivity index is 1.21. The molecular weight excluding hydrogens is 332 g/mol. The van der Waals surface area contributed by atoms with Crippen LogP contribution >= 0.6 is 11.8 Å². The number of rotatable bonds is 4. The van der Waals surface area contributed by atoms with Crippen molar-refractivity contribution in [1.29, 1.82) is 0 Å². The number of hydrogen-bond donors (Lipinski definition) is 0. The molecular formula is C20H22N2O2S. The maximum Gasteiger partial charge on any atom is 0.253 e. The molecule has 2 aliphatic heterocycles. The van der Waals surface area contributed by atoms with E-state index in [9.17, 15) is 4.79 Å². The van der Waals surface area contributed by atoms with Crippen molar-refractivity contribution in [2.45, 2.75) is 30.1 Å². The predicted molar refractivity (Wildman–Crippen MR) is 99.9 cm³/mol. The Bertz CT molecular complexity index is 814. The molecule has 2 aromatic rings. The molecule has 1 spiro atoms. The lowest BCUT2D eigenvalue weighted by atomic mass is 9.92. The third-order valence-electron chi connectivity index (χ3n) is 5.53. The van der Waals surface area contributed by atoms with E-state index < -0.39 is 0 Å². The second kappa shape index (κ2) is 5.99. The molecule has 25 heavy (non-hydrogen) atoms. The third kappa shape index (κ3) is 3.04. The van der Waals surface area contributed by atoms with Gasteiger partial charge in [0.2, 0.25) is 0 Å². The second-order valence-corrected chi connectivity index (χ2v) is 9.16. The molecule has 1 amide bonds. The van der Waals surface area contributed by atoms with Gasteiger partial charge >= 0.3 is 0 Å². The van der Waals surface area contributed by atoms with Crippen LogP contribution in [0.3, 0.4) is 0 Å². The largest absolute Gasteiger partial charge is 0.377 e. The maximum atomic E-state index is 12.8.